The summed E-state index contributed by atoms with van der Waals surface area (Å²) in [6.07, 6.45) is -1.03. The molecule has 28 heavy (non-hydrogen) atoms. The molecule has 9 heteroatoms. The molecule has 0 saturated carbocycles. The van der Waals surface area contributed by atoms with Gasteiger partial charge in [-0.2, -0.15) is 0 Å². The molecular weight excluding hydrogens is 383 g/mol. The van der Waals surface area contributed by atoms with E-state index in [0.717, 1.165) is 11.0 Å². The molecule has 1 aliphatic rings. The molecule has 0 atom stereocenters. The van der Waals surface area contributed by atoms with Crippen LogP contribution in [0.1, 0.15) is 26.3 Å². The summed E-state index contributed by atoms with van der Waals surface area (Å²) < 4.78 is 20.5. The fourth-order valence-electron chi connectivity index (χ4n) is 2.84. The minimum atomic E-state index is -2.05. The summed E-state index contributed by atoms with van der Waals surface area (Å²) in [6, 6.07) is 2.44. The van der Waals surface area contributed by atoms with Crippen LogP contribution >= 0.6 is 0 Å². The molecule has 0 radical (unpaired) electrons. The van der Waals surface area contributed by atoms with Crippen LogP contribution < -0.4 is 9.80 Å². The molecule has 0 unspecified atom stereocenters. The van der Waals surface area contributed by atoms with Crippen molar-refractivity contribution in [2.75, 3.05) is 29.5 Å². The smallest absolute Gasteiger partial charge is 0.412 e. The van der Waals surface area contributed by atoms with Crippen molar-refractivity contribution >= 4 is 38.0 Å². The number of halogens is 1. The average Bonchev–Trinajstić information content (AvgIpc) is 2.57. The fraction of sp³-hybridized carbons (Fsp3) is 0.526. The van der Waals surface area contributed by atoms with Gasteiger partial charge in [0.15, 0.2) is 8.32 Å². The van der Waals surface area contributed by atoms with Crippen LogP contribution in [0, 0.1) is 5.82 Å². The Bertz CT molecular complexity index is 791. The Hall–Kier alpha value is -2.26. The van der Waals surface area contributed by atoms with E-state index in [1.165, 1.54) is 11.0 Å². The standard InChI is InChI=1S/C19H27FN2O5Si/c1-19(2,3)28(4,5)27-11-9-21-16(24)12-22(18(25)26)15-7-6-14(20)13(8-10-23)17(15)21/h6-7,10H,8-9,11-12H2,1-5H3,(H,25,26). The second-order valence-electron chi connectivity index (χ2n) is 8.29. The summed E-state index contributed by atoms with van der Waals surface area (Å²) in [7, 11) is -2.05. The SMILES string of the molecule is CC(C)(C)[Si](C)(C)OCCN1C(=O)CN(C(=O)O)c2ccc(F)c(CC=O)c21. The third-order valence-corrected chi connectivity index (χ3v) is 10.00. The number of hydrogen-bond acceptors (Lipinski definition) is 4. The van der Waals surface area contributed by atoms with Crippen molar-refractivity contribution in [2.45, 2.75) is 45.3 Å². The summed E-state index contributed by atoms with van der Waals surface area (Å²) in [4.78, 5) is 37.5. The van der Waals surface area contributed by atoms with Crippen molar-refractivity contribution < 1.29 is 28.3 Å². The van der Waals surface area contributed by atoms with E-state index in [9.17, 15) is 23.9 Å². The van der Waals surface area contributed by atoms with Crippen LogP contribution in [0.2, 0.25) is 18.1 Å². The van der Waals surface area contributed by atoms with E-state index in [4.69, 9.17) is 4.43 Å². The highest BCUT2D eigenvalue weighted by Gasteiger charge is 2.38. The van der Waals surface area contributed by atoms with Gasteiger partial charge in [0.25, 0.3) is 0 Å². The number of anilines is 2. The first-order chi connectivity index (χ1) is 12.9. The van der Waals surface area contributed by atoms with Crippen molar-refractivity contribution in [3.8, 4) is 0 Å². The van der Waals surface area contributed by atoms with Crippen LogP contribution in [-0.4, -0.2) is 51.4 Å². The normalized spacial score (nSPS) is 14.9. The first-order valence-electron chi connectivity index (χ1n) is 9.10. The average molecular weight is 411 g/mol. The number of carbonyl (C=O) groups is 3. The third-order valence-electron chi connectivity index (χ3n) is 5.46. The summed E-state index contributed by atoms with van der Waals surface area (Å²) >= 11 is 0. The molecule has 0 aliphatic carbocycles. The molecule has 1 aromatic rings. The van der Waals surface area contributed by atoms with Crippen molar-refractivity contribution in [2.24, 2.45) is 0 Å². The molecule has 0 aromatic heterocycles. The highest BCUT2D eigenvalue weighted by atomic mass is 28.4. The maximum Gasteiger partial charge on any atom is 0.412 e. The molecule has 0 bridgehead atoms. The minimum Gasteiger partial charge on any atom is -0.465 e. The van der Waals surface area contributed by atoms with Crippen molar-refractivity contribution in [1.29, 1.82) is 0 Å². The Kier molecular flexibility index (Phi) is 6.30. The molecule has 1 N–H and O–H groups in total. The Balaban J connectivity index is 2.39. The molecule has 2 amide bonds. The first-order valence-corrected chi connectivity index (χ1v) is 12.0. The number of hydrogen-bond donors (Lipinski definition) is 1. The zero-order valence-electron chi connectivity index (χ0n) is 16.9. The van der Waals surface area contributed by atoms with Gasteiger partial charge >= 0.3 is 6.09 Å². The maximum absolute atomic E-state index is 14.4. The van der Waals surface area contributed by atoms with Crippen LogP contribution in [-0.2, 0) is 20.4 Å². The van der Waals surface area contributed by atoms with Gasteiger partial charge in [0.1, 0.15) is 18.6 Å². The molecule has 1 aromatic carbocycles. The number of nitrogens with zero attached hydrogens (tertiary/aromatic N) is 2. The Morgan fingerprint density at radius 3 is 2.54 bits per heavy atom. The molecule has 1 heterocycles. The van der Waals surface area contributed by atoms with Crippen molar-refractivity contribution in [3.05, 3.63) is 23.5 Å². The first kappa shape index (κ1) is 22.0. The van der Waals surface area contributed by atoms with E-state index in [2.05, 4.69) is 33.9 Å². The van der Waals surface area contributed by atoms with E-state index in [1.54, 1.807) is 0 Å². The molecule has 154 valence electrons. The van der Waals surface area contributed by atoms with Gasteiger partial charge in [-0.05, 0) is 30.3 Å². The zero-order chi connectivity index (χ0) is 21.3. The van der Waals surface area contributed by atoms with Crippen LogP contribution in [0.25, 0.3) is 0 Å². The van der Waals surface area contributed by atoms with Gasteiger partial charge < -0.3 is 19.2 Å². The summed E-state index contributed by atoms with van der Waals surface area (Å²) in [5.74, 6) is -1.13. The van der Waals surface area contributed by atoms with Gasteiger partial charge in [0, 0.05) is 18.5 Å². The lowest BCUT2D eigenvalue weighted by Crippen LogP contribution is -2.50. The number of rotatable bonds is 6. The van der Waals surface area contributed by atoms with Gasteiger partial charge in [-0.15, -0.1) is 0 Å². The van der Waals surface area contributed by atoms with Crippen LogP contribution in [0.3, 0.4) is 0 Å². The number of aldehydes is 1. The van der Waals surface area contributed by atoms with Crippen molar-refractivity contribution in [1.82, 2.24) is 0 Å². The minimum absolute atomic E-state index is 0.00823. The predicted octanol–water partition coefficient (Wildman–Crippen LogP) is 3.42. The van der Waals surface area contributed by atoms with E-state index in [1.807, 2.05) is 0 Å². The van der Waals surface area contributed by atoms with Crippen LogP contribution in [0.15, 0.2) is 12.1 Å². The van der Waals surface area contributed by atoms with Gasteiger partial charge in [0.2, 0.25) is 5.91 Å². The van der Waals surface area contributed by atoms with Gasteiger partial charge in [-0.3, -0.25) is 9.69 Å². The monoisotopic (exact) mass is 410 g/mol. The molecule has 1 aliphatic heterocycles. The Morgan fingerprint density at radius 2 is 2.00 bits per heavy atom. The van der Waals surface area contributed by atoms with Crippen molar-refractivity contribution in [3.63, 3.8) is 0 Å². The van der Waals surface area contributed by atoms with E-state index in [0.29, 0.717) is 6.29 Å². The van der Waals surface area contributed by atoms with Gasteiger partial charge in [-0.1, -0.05) is 20.8 Å². The predicted molar refractivity (Wildman–Crippen MR) is 107 cm³/mol. The maximum atomic E-state index is 14.4. The van der Waals surface area contributed by atoms with E-state index < -0.39 is 26.1 Å². The number of carbonyl (C=O) groups excluding carboxylic acids is 2. The third kappa shape index (κ3) is 4.25. The molecule has 0 spiro atoms. The van der Waals surface area contributed by atoms with Crippen LogP contribution in [0.5, 0.6) is 0 Å². The Labute approximate surface area is 165 Å². The summed E-state index contributed by atoms with van der Waals surface area (Å²) in [5, 5.41) is 9.42. The molecule has 2 rings (SSSR count). The number of amides is 2. The highest BCUT2D eigenvalue weighted by molar-refractivity contribution is 6.74. The lowest BCUT2D eigenvalue weighted by Gasteiger charge is -2.39. The number of benzene rings is 1. The summed E-state index contributed by atoms with van der Waals surface area (Å²) in [5.41, 5.74) is 0.335. The molecule has 0 fully saturated rings. The quantitative estimate of drug-likeness (QED) is 0.574. The molecule has 0 saturated heterocycles. The number of carboxylic acid groups (broad SMARTS) is 1. The van der Waals surface area contributed by atoms with E-state index >= 15 is 0 Å². The van der Waals surface area contributed by atoms with E-state index in [-0.39, 0.29) is 48.1 Å². The lowest BCUT2D eigenvalue weighted by molar-refractivity contribution is -0.117. The highest BCUT2D eigenvalue weighted by Crippen LogP contribution is 2.39. The summed E-state index contributed by atoms with van der Waals surface area (Å²) in [6.45, 7) is 10.5. The molecular formula is C19H27FN2O5Si. The van der Waals surface area contributed by atoms with Gasteiger partial charge in [-0.25, -0.2) is 9.18 Å². The Morgan fingerprint density at radius 1 is 1.36 bits per heavy atom. The fourth-order valence-corrected chi connectivity index (χ4v) is 3.88. The lowest BCUT2D eigenvalue weighted by atomic mass is 10.0. The van der Waals surface area contributed by atoms with Gasteiger partial charge in [0.05, 0.1) is 18.0 Å². The second-order valence-corrected chi connectivity index (χ2v) is 13.1. The number of fused-ring (bicyclic) bond motifs is 1. The molecule has 7 nitrogen and oxygen atoms in total. The topological polar surface area (TPSA) is 87.2 Å². The second kappa shape index (κ2) is 8.00. The zero-order valence-corrected chi connectivity index (χ0v) is 17.9. The largest absolute Gasteiger partial charge is 0.465 e. The van der Waals surface area contributed by atoms with Crippen LogP contribution in [0.4, 0.5) is 20.6 Å².